The van der Waals surface area contributed by atoms with Crippen LogP contribution in [0.4, 0.5) is 0 Å². The van der Waals surface area contributed by atoms with Crippen molar-refractivity contribution in [1.82, 2.24) is 14.8 Å². The molecule has 2 rings (SSSR count). The highest BCUT2D eigenvalue weighted by molar-refractivity contribution is 7.12. The number of ether oxygens (including phenoxy) is 1. The number of carbonyl (C=O) groups is 1. The molecule has 0 spiro atoms. The Hall–Kier alpha value is -1.69. The van der Waals surface area contributed by atoms with Crippen molar-refractivity contribution in [1.29, 1.82) is 0 Å². The fraction of sp³-hybridized carbons (Fsp3) is 0.462. The van der Waals surface area contributed by atoms with Crippen molar-refractivity contribution in [3.63, 3.8) is 0 Å². The summed E-state index contributed by atoms with van der Waals surface area (Å²) in [6.07, 6.45) is 0. The summed E-state index contributed by atoms with van der Waals surface area (Å²) in [5.41, 5.74) is 0. The van der Waals surface area contributed by atoms with Gasteiger partial charge in [-0.3, -0.25) is 4.57 Å². The molecule has 2 aromatic heterocycles. The summed E-state index contributed by atoms with van der Waals surface area (Å²) in [5, 5.41) is 7.92. The second kappa shape index (κ2) is 5.52. The molecule has 102 valence electrons. The number of esters is 1. The van der Waals surface area contributed by atoms with Crippen molar-refractivity contribution in [2.24, 2.45) is 0 Å². The molecule has 6 heteroatoms. The molecule has 1 atom stereocenters. The van der Waals surface area contributed by atoms with E-state index in [4.69, 9.17) is 4.74 Å². The quantitative estimate of drug-likeness (QED) is 0.807. The summed E-state index contributed by atoms with van der Waals surface area (Å²) >= 11 is 1.71. The highest BCUT2D eigenvalue weighted by Gasteiger charge is 2.23. The Morgan fingerprint density at radius 3 is 2.74 bits per heavy atom. The lowest BCUT2D eigenvalue weighted by Gasteiger charge is -2.15. The Labute approximate surface area is 116 Å². The van der Waals surface area contributed by atoms with Crippen LogP contribution in [0.25, 0.3) is 0 Å². The van der Waals surface area contributed by atoms with Crippen LogP contribution in [0.3, 0.4) is 0 Å². The van der Waals surface area contributed by atoms with Crippen LogP contribution >= 0.6 is 11.3 Å². The van der Waals surface area contributed by atoms with Crippen molar-refractivity contribution < 1.29 is 9.53 Å². The Morgan fingerprint density at radius 1 is 1.42 bits per heavy atom. The second-order valence-electron chi connectivity index (χ2n) is 4.29. The summed E-state index contributed by atoms with van der Waals surface area (Å²) < 4.78 is 6.84. The zero-order valence-electron chi connectivity index (χ0n) is 11.5. The third-order valence-electron chi connectivity index (χ3n) is 2.88. The van der Waals surface area contributed by atoms with Crippen molar-refractivity contribution in [3.05, 3.63) is 33.5 Å². The summed E-state index contributed by atoms with van der Waals surface area (Å²) in [4.78, 5) is 14.3. The van der Waals surface area contributed by atoms with Gasteiger partial charge in [-0.25, -0.2) is 4.79 Å². The van der Waals surface area contributed by atoms with Crippen molar-refractivity contribution in [2.75, 3.05) is 6.61 Å². The standard InChI is InChI=1S/C13H17N3O2S/c1-5-18-13(17)12-15-14-10(4)16(12)9(3)11-7-6-8(2)19-11/h6-7,9H,5H2,1-4H3. The van der Waals surface area contributed by atoms with E-state index in [0.29, 0.717) is 12.4 Å². The van der Waals surface area contributed by atoms with Crippen molar-refractivity contribution in [3.8, 4) is 0 Å². The maximum atomic E-state index is 11.9. The van der Waals surface area contributed by atoms with Gasteiger partial charge in [0.1, 0.15) is 5.82 Å². The van der Waals surface area contributed by atoms with E-state index in [-0.39, 0.29) is 11.9 Å². The molecule has 0 aliphatic rings. The number of aromatic nitrogens is 3. The number of rotatable bonds is 4. The number of nitrogens with zero attached hydrogens (tertiary/aromatic N) is 3. The third-order valence-corrected chi connectivity index (χ3v) is 4.06. The molecule has 0 radical (unpaired) electrons. The van der Waals surface area contributed by atoms with Gasteiger partial charge in [-0.1, -0.05) is 0 Å². The topological polar surface area (TPSA) is 57.0 Å². The Kier molecular flexibility index (Phi) is 3.99. The van der Waals surface area contributed by atoms with Gasteiger partial charge in [0.25, 0.3) is 0 Å². The fourth-order valence-corrected chi connectivity index (χ4v) is 2.89. The average Bonchev–Trinajstić information content (AvgIpc) is 2.95. The smallest absolute Gasteiger partial charge is 0.376 e. The number of aryl methyl sites for hydroxylation is 2. The Balaban J connectivity index is 2.38. The number of thiophene rings is 1. The van der Waals surface area contributed by atoms with Crippen LogP contribution in [-0.2, 0) is 4.74 Å². The molecule has 0 saturated heterocycles. The van der Waals surface area contributed by atoms with Crippen molar-refractivity contribution in [2.45, 2.75) is 33.7 Å². The number of hydrogen-bond donors (Lipinski definition) is 0. The maximum Gasteiger partial charge on any atom is 0.376 e. The largest absolute Gasteiger partial charge is 0.460 e. The van der Waals surface area contributed by atoms with E-state index in [2.05, 4.69) is 29.3 Å². The summed E-state index contributed by atoms with van der Waals surface area (Å²) in [6.45, 7) is 8.04. The maximum absolute atomic E-state index is 11.9. The van der Waals surface area contributed by atoms with E-state index in [1.807, 2.05) is 18.4 Å². The van der Waals surface area contributed by atoms with E-state index >= 15 is 0 Å². The molecule has 0 saturated carbocycles. The first-order valence-electron chi connectivity index (χ1n) is 6.19. The van der Waals surface area contributed by atoms with E-state index in [1.165, 1.54) is 9.75 Å². The van der Waals surface area contributed by atoms with Gasteiger partial charge in [-0.2, -0.15) is 0 Å². The minimum absolute atomic E-state index is 0.0214. The molecule has 0 fully saturated rings. The van der Waals surface area contributed by atoms with Gasteiger partial charge in [0.05, 0.1) is 12.6 Å². The number of hydrogen-bond acceptors (Lipinski definition) is 5. The molecule has 0 aromatic carbocycles. The number of carbonyl (C=O) groups excluding carboxylic acids is 1. The summed E-state index contributed by atoms with van der Waals surface area (Å²) in [7, 11) is 0. The molecule has 0 aliphatic carbocycles. The predicted molar refractivity (Wildman–Crippen MR) is 73.6 cm³/mol. The van der Waals surface area contributed by atoms with E-state index < -0.39 is 5.97 Å². The minimum atomic E-state index is -0.428. The van der Waals surface area contributed by atoms with Crippen LogP contribution in [0.2, 0.25) is 0 Å². The lowest BCUT2D eigenvalue weighted by Crippen LogP contribution is -2.17. The van der Waals surface area contributed by atoms with Gasteiger partial charge < -0.3 is 4.74 Å². The molecule has 5 nitrogen and oxygen atoms in total. The SMILES string of the molecule is CCOC(=O)c1nnc(C)n1C(C)c1ccc(C)s1. The van der Waals surface area contributed by atoms with E-state index in [9.17, 15) is 4.79 Å². The molecule has 0 N–H and O–H groups in total. The van der Waals surface area contributed by atoms with E-state index in [1.54, 1.807) is 18.3 Å². The van der Waals surface area contributed by atoms with Crippen LogP contribution in [0.1, 0.15) is 46.1 Å². The molecule has 19 heavy (non-hydrogen) atoms. The van der Waals surface area contributed by atoms with Gasteiger partial charge >= 0.3 is 5.97 Å². The monoisotopic (exact) mass is 279 g/mol. The lowest BCUT2D eigenvalue weighted by atomic mass is 10.2. The first-order chi connectivity index (χ1) is 9.04. The molecular formula is C13H17N3O2S. The van der Waals surface area contributed by atoms with Gasteiger partial charge in [-0.15, -0.1) is 21.5 Å². The minimum Gasteiger partial charge on any atom is -0.460 e. The third kappa shape index (κ3) is 2.68. The molecule has 0 aliphatic heterocycles. The Morgan fingerprint density at radius 2 is 2.16 bits per heavy atom. The van der Waals surface area contributed by atoms with Crippen LogP contribution in [-0.4, -0.2) is 27.3 Å². The average molecular weight is 279 g/mol. The normalized spacial score (nSPS) is 12.4. The van der Waals surface area contributed by atoms with Gasteiger partial charge in [0.15, 0.2) is 0 Å². The van der Waals surface area contributed by atoms with E-state index in [0.717, 1.165) is 0 Å². The Bertz CT molecular complexity index is 588. The zero-order valence-corrected chi connectivity index (χ0v) is 12.3. The van der Waals surface area contributed by atoms with Gasteiger partial charge in [0.2, 0.25) is 5.82 Å². The predicted octanol–water partition coefficient (Wildman–Crippen LogP) is 2.74. The fourth-order valence-electron chi connectivity index (χ4n) is 1.97. The van der Waals surface area contributed by atoms with Crippen molar-refractivity contribution >= 4 is 17.3 Å². The van der Waals surface area contributed by atoms with Gasteiger partial charge in [-0.05, 0) is 39.8 Å². The van der Waals surface area contributed by atoms with Gasteiger partial charge in [0, 0.05) is 9.75 Å². The lowest BCUT2D eigenvalue weighted by molar-refractivity contribution is 0.0504. The highest BCUT2D eigenvalue weighted by Crippen LogP contribution is 2.27. The van der Waals surface area contributed by atoms with Crippen LogP contribution < -0.4 is 0 Å². The highest BCUT2D eigenvalue weighted by atomic mass is 32.1. The molecule has 2 aromatic rings. The summed E-state index contributed by atoms with van der Waals surface area (Å²) in [6, 6.07) is 4.16. The van der Waals surface area contributed by atoms with Crippen LogP contribution in [0.15, 0.2) is 12.1 Å². The molecule has 0 amide bonds. The van der Waals surface area contributed by atoms with Crippen LogP contribution in [0, 0.1) is 13.8 Å². The molecule has 1 unspecified atom stereocenters. The van der Waals surface area contributed by atoms with Crippen LogP contribution in [0.5, 0.6) is 0 Å². The second-order valence-corrected chi connectivity index (χ2v) is 5.61. The molecule has 0 bridgehead atoms. The first-order valence-corrected chi connectivity index (χ1v) is 7.01. The molecular weight excluding hydrogens is 262 g/mol. The first kappa shape index (κ1) is 13.7. The summed E-state index contributed by atoms with van der Waals surface area (Å²) in [5.74, 6) is 0.544. The molecule has 2 heterocycles. The zero-order chi connectivity index (χ0) is 14.0.